The Kier molecular flexibility index (Phi) is 3.02. The summed E-state index contributed by atoms with van der Waals surface area (Å²) in [5.74, 6) is 0.668. The summed E-state index contributed by atoms with van der Waals surface area (Å²) in [5, 5.41) is 0. The molecule has 1 unspecified atom stereocenters. The van der Waals surface area contributed by atoms with E-state index in [9.17, 15) is 0 Å². The number of rotatable bonds is 2. The van der Waals surface area contributed by atoms with Gasteiger partial charge in [0.2, 0.25) is 0 Å². The summed E-state index contributed by atoms with van der Waals surface area (Å²) in [6.07, 6.45) is 2.38. The molecule has 0 heterocycles. The van der Waals surface area contributed by atoms with Crippen molar-refractivity contribution >= 4 is 5.57 Å². The molecule has 0 amide bonds. The Hall–Kier alpha value is -1.82. The lowest BCUT2D eigenvalue weighted by molar-refractivity contribution is 0.744. The SMILES string of the molecule is CC1=C(c2ccccc2)CC(c2ccccc2)C1. The summed E-state index contributed by atoms with van der Waals surface area (Å²) in [6, 6.07) is 21.7. The van der Waals surface area contributed by atoms with Gasteiger partial charge in [-0.25, -0.2) is 0 Å². The molecule has 2 aromatic carbocycles. The van der Waals surface area contributed by atoms with Crippen molar-refractivity contribution in [2.45, 2.75) is 25.7 Å². The Morgan fingerprint density at radius 2 is 1.39 bits per heavy atom. The molecule has 1 atom stereocenters. The molecule has 0 aliphatic heterocycles. The van der Waals surface area contributed by atoms with Crippen LogP contribution in [-0.2, 0) is 0 Å². The van der Waals surface area contributed by atoms with Gasteiger partial charge in [0.25, 0.3) is 0 Å². The minimum Gasteiger partial charge on any atom is -0.0689 e. The number of hydrogen-bond donors (Lipinski definition) is 0. The molecular formula is C18H18. The topological polar surface area (TPSA) is 0 Å². The second-order valence-corrected chi connectivity index (χ2v) is 5.14. The summed E-state index contributed by atoms with van der Waals surface area (Å²) < 4.78 is 0. The van der Waals surface area contributed by atoms with E-state index in [1.54, 1.807) is 11.1 Å². The summed E-state index contributed by atoms with van der Waals surface area (Å²) in [5.41, 5.74) is 5.97. The molecule has 0 spiro atoms. The van der Waals surface area contributed by atoms with Crippen molar-refractivity contribution in [3.63, 3.8) is 0 Å². The van der Waals surface area contributed by atoms with Gasteiger partial charge in [-0.3, -0.25) is 0 Å². The molecule has 2 aromatic rings. The van der Waals surface area contributed by atoms with Crippen LogP contribution in [0.15, 0.2) is 66.2 Å². The maximum absolute atomic E-state index is 2.28. The number of benzene rings is 2. The van der Waals surface area contributed by atoms with Gasteiger partial charge in [-0.05, 0) is 42.4 Å². The van der Waals surface area contributed by atoms with Crippen molar-refractivity contribution in [3.05, 3.63) is 77.4 Å². The van der Waals surface area contributed by atoms with Crippen molar-refractivity contribution in [2.75, 3.05) is 0 Å². The summed E-state index contributed by atoms with van der Waals surface area (Å²) in [7, 11) is 0. The average molecular weight is 234 g/mol. The van der Waals surface area contributed by atoms with Crippen LogP contribution in [0.1, 0.15) is 36.8 Å². The van der Waals surface area contributed by atoms with E-state index in [2.05, 4.69) is 67.6 Å². The summed E-state index contributed by atoms with van der Waals surface area (Å²) in [6.45, 7) is 2.28. The van der Waals surface area contributed by atoms with Gasteiger partial charge in [0.15, 0.2) is 0 Å². The zero-order valence-corrected chi connectivity index (χ0v) is 10.8. The Morgan fingerprint density at radius 3 is 2.06 bits per heavy atom. The maximum atomic E-state index is 2.28. The van der Waals surface area contributed by atoms with Crippen LogP contribution in [-0.4, -0.2) is 0 Å². The van der Waals surface area contributed by atoms with Crippen molar-refractivity contribution < 1.29 is 0 Å². The van der Waals surface area contributed by atoms with Crippen molar-refractivity contribution in [3.8, 4) is 0 Å². The van der Waals surface area contributed by atoms with Crippen LogP contribution < -0.4 is 0 Å². The smallest absolute Gasteiger partial charge is 0.00840 e. The molecule has 0 radical (unpaired) electrons. The molecule has 90 valence electrons. The fraction of sp³-hybridized carbons (Fsp3) is 0.222. The highest BCUT2D eigenvalue weighted by Crippen LogP contribution is 2.42. The van der Waals surface area contributed by atoms with E-state index in [4.69, 9.17) is 0 Å². The molecule has 0 fully saturated rings. The summed E-state index contributed by atoms with van der Waals surface area (Å²) >= 11 is 0. The van der Waals surface area contributed by atoms with E-state index in [1.807, 2.05) is 0 Å². The van der Waals surface area contributed by atoms with Crippen LogP contribution in [0.2, 0.25) is 0 Å². The average Bonchev–Trinajstić information content (AvgIpc) is 2.83. The van der Waals surface area contributed by atoms with Gasteiger partial charge in [0.05, 0.1) is 0 Å². The van der Waals surface area contributed by atoms with Crippen molar-refractivity contribution in [2.24, 2.45) is 0 Å². The highest BCUT2D eigenvalue weighted by atomic mass is 14.3. The van der Waals surface area contributed by atoms with Gasteiger partial charge < -0.3 is 0 Å². The van der Waals surface area contributed by atoms with Crippen molar-refractivity contribution in [1.82, 2.24) is 0 Å². The molecule has 0 saturated carbocycles. The zero-order valence-electron chi connectivity index (χ0n) is 10.8. The largest absolute Gasteiger partial charge is 0.0689 e. The monoisotopic (exact) mass is 234 g/mol. The quantitative estimate of drug-likeness (QED) is 0.683. The highest BCUT2D eigenvalue weighted by molar-refractivity contribution is 5.71. The van der Waals surface area contributed by atoms with Crippen molar-refractivity contribution in [1.29, 1.82) is 0 Å². The van der Waals surface area contributed by atoms with Gasteiger partial charge in [0.1, 0.15) is 0 Å². The first-order valence-corrected chi connectivity index (χ1v) is 6.63. The fourth-order valence-corrected chi connectivity index (χ4v) is 2.95. The molecule has 1 aliphatic rings. The lowest BCUT2D eigenvalue weighted by atomic mass is 9.94. The third-order valence-corrected chi connectivity index (χ3v) is 3.91. The Balaban J connectivity index is 1.86. The van der Waals surface area contributed by atoms with Crippen LogP contribution in [0, 0.1) is 0 Å². The predicted molar refractivity (Wildman–Crippen MR) is 77.5 cm³/mol. The highest BCUT2D eigenvalue weighted by Gasteiger charge is 2.23. The van der Waals surface area contributed by atoms with Gasteiger partial charge in [0, 0.05) is 0 Å². The standard InChI is InChI=1S/C18H18/c1-14-12-17(15-8-4-2-5-9-15)13-18(14)16-10-6-3-7-11-16/h2-11,17H,12-13H2,1H3. The van der Waals surface area contributed by atoms with E-state index < -0.39 is 0 Å². The van der Waals surface area contributed by atoms with E-state index >= 15 is 0 Å². The molecule has 1 aliphatic carbocycles. The first-order chi connectivity index (χ1) is 8.84. The summed E-state index contributed by atoms with van der Waals surface area (Å²) in [4.78, 5) is 0. The predicted octanol–water partition coefficient (Wildman–Crippen LogP) is 5.04. The minimum absolute atomic E-state index is 0.668. The first-order valence-electron chi connectivity index (χ1n) is 6.63. The van der Waals surface area contributed by atoms with Crippen LogP contribution in [0.4, 0.5) is 0 Å². The minimum atomic E-state index is 0.668. The van der Waals surface area contributed by atoms with Gasteiger partial charge in [-0.15, -0.1) is 0 Å². The van der Waals surface area contributed by atoms with Crippen LogP contribution in [0.25, 0.3) is 5.57 Å². The third kappa shape index (κ3) is 2.11. The van der Waals surface area contributed by atoms with Gasteiger partial charge >= 0.3 is 0 Å². The van der Waals surface area contributed by atoms with E-state index in [0.29, 0.717) is 5.92 Å². The molecule has 0 bridgehead atoms. The molecule has 0 aromatic heterocycles. The zero-order chi connectivity index (χ0) is 12.4. The number of hydrogen-bond acceptors (Lipinski definition) is 0. The molecule has 0 saturated heterocycles. The van der Waals surface area contributed by atoms with Crippen LogP contribution in [0.5, 0.6) is 0 Å². The van der Waals surface area contributed by atoms with Crippen LogP contribution >= 0.6 is 0 Å². The Morgan fingerprint density at radius 1 is 0.778 bits per heavy atom. The Labute approximate surface area is 109 Å². The van der Waals surface area contributed by atoms with E-state index in [-0.39, 0.29) is 0 Å². The van der Waals surface area contributed by atoms with Gasteiger partial charge in [-0.2, -0.15) is 0 Å². The molecule has 0 nitrogen and oxygen atoms in total. The molecule has 0 heteroatoms. The number of allylic oxidation sites excluding steroid dienone is 2. The van der Waals surface area contributed by atoms with E-state index in [1.165, 1.54) is 24.0 Å². The molecule has 0 N–H and O–H groups in total. The second-order valence-electron chi connectivity index (χ2n) is 5.14. The molecular weight excluding hydrogens is 216 g/mol. The normalized spacial score (nSPS) is 19.3. The maximum Gasteiger partial charge on any atom is -0.00840 e. The molecule has 18 heavy (non-hydrogen) atoms. The molecule has 3 rings (SSSR count). The second kappa shape index (κ2) is 4.81. The lowest BCUT2D eigenvalue weighted by Gasteiger charge is -2.10. The van der Waals surface area contributed by atoms with Gasteiger partial charge in [-0.1, -0.05) is 66.2 Å². The van der Waals surface area contributed by atoms with E-state index in [0.717, 1.165) is 0 Å². The Bertz CT molecular complexity index is 549. The van der Waals surface area contributed by atoms with Crippen LogP contribution in [0.3, 0.4) is 0 Å². The first kappa shape index (κ1) is 11.3. The third-order valence-electron chi connectivity index (χ3n) is 3.91. The lowest BCUT2D eigenvalue weighted by Crippen LogP contribution is -1.93. The fourth-order valence-electron chi connectivity index (χ4n) is 2.95.